The number of ketones is 1. The van der Waals surface area contributed by atoms with Gasteiger partial charge in [-0.3, -0.25) is 9.59 Å². The molecule has 0 saturated heterocycles. The van der Waals surface area contributed by atoms with Crippen LogP contribution < -0.4 is 0 Å². The molecule has 1 radical (unpaired) electrons. The van der Waals surface area contributed by atoms with Crippen molar-refractivity contribution in [3.63, 3.8) is 0 Å². The lowest BCUT2D eigenvalue weighted by Gasteiger charge is -2.02. The van der Waals surface area contributed by atoms with Gasteiger partial charge in [0.25, 0.3) is 6.29 Å². The van der Waals surface area contributed by atoms with E-state index in [4.69, 9.17) is 0 Å². The van der Waals surface area contributed by atoms with Crippen LogP contribution in [0.5, 0.6) is 0 Å². The third kappa shape index (κ3) is 1.48. The molecule has 2 aromatic heterocycles. The van der Waals surface area contributed by atoms with Gasteiger partial charge in [-0.1, -0.05) is 0 Å². The summed E-state index contributed by atoms with van der Waals surface area (Å²) in [6, 6.07) is 5.15. The van der Waals surface area contributed by atoms with Crippen molar-refractivity contribution in [2.75, 3.05) is 0 Å². The molecule has 0 aliphatic rings. The predicted molar refractivity (Wildman–Crippen MR) is 59.1 cm³/mol. The van der Waals surface area contributed by atoms with Crippen LogP contribution in [-0.2, 0) is 18.9 Å². The molecular formula is C12H11N2O2. The summed E-state index contributed by atoms with van der Waals surface area (Å²) in [7, 11) is 3.50. The molecule has 0 fully saturated rings. The summed E-state index contributed by atoms with van der Waals surface area (Å²) in [5.41, 5.74) is 1.23. The lowest BCUT2D eigenvalue weighted by molar-refractivity contribution is 0.103. The van der Waals surface area contributed by atoms with Gasteiger partial charge in [-0.25, -0.2) is 0 Å². The van der Waals surface area contributed by atoms with Crippen LogP contribution in [0.15, 0.2) is 30.6 Å². The fourth-order valence-corrected chi connectivity index (χ4v) is 1.67. The van der Waals surface area contributed by atoms with Gasteiger partial charge < -0.3 is 9.13 Å². The molecule has 0 aromatic carbocycles. The number of aromatic nitrogens is 2. The third-order valence-corrected chi connectivity index (χ3v) is 2.59. The van der Waals surface area contributed by atoms with Crippen LogP contribution in [-0.4, -0.2) is 21.2 Å². The van der Waals surface area contributed by atoms with E-state index in [2.05, 4.69) is 0 Å². The minimum absolute atomic E-state index is 0.161. The molecule has 2 rings (SSSR count). The van der Waals surface area contributed by atoms with E-state index in [0.717, 1.165) is 0 Å². The predicted octanol–water partition coefficient (Wildman–Crippen LogP) is 1.05. The zero-order chi connectivity index (χ0) is 11.7. The van der Waals surface area contributed by atoms with Crippen LogP contribution >= 0.6 is 0 Å². The zero-order valence-electron chi connectivity index (χ0n) is 9.10. The van der Waals surface area contributed by atoms with Gasteiger partial charge in [-0.15, -0.1) is 0 Å². The highest BCUT2D eigenvalue weighted by Gasteiger charge is 2.18. The van der Waals surface area contributed by atoms with Crippen molar-refractivity contribution in [3.8, 4) is 0 Å². The zero-order valence-corrected chi connectivity index (χ0v) is 9.10. The van der Waals surface area contributed by atoms with Gasteiger partial charge in [0.05, 0.1) is 11.3 Å². The summed E-state index contributed by atoms with van der Waals surface area (Å²) in [5.74, 6) is -0.161. The van der Waals surface area contributed by atoms with Crippen LogP contribution in [0.2, 0.25) is 0 Å². The molecule has 0 saturated carbocycles. The summed E-state index contributed by atoms with van der Waals surface area (Å²) in [5, 5.41) is 0. The van der Waals surface area contributed by atoms with E-state index in [1.54, 1.807) is 60.1 Å². The second-order valence-corrected chi connectivity index (χ2v) is 3.62. The molecule has 0 atom stereocenters. The number of carbonyl (C=O) groups is 1. The van der Waals surface area contributed by atoms with Gasteiger partial charge in [-0.05, 0) is 18.2 Å². The standard InChI is InChI=1S/C12H11N2O2/c1-13-6-3-4-10(13)12(16)9-5-7-14(2)11(9)8-15/h3-7H,1-2H3. The van der Waals surface area contributed by atoms with Gasteiger partial charge in [0, 0.05) is 26.5 Å². The topological polar surface area (TPSA) is 44.0 Å². The van der Waals surface area contributed by atoms with Crippen LogP contribution in [0.3, 0.4) is 0 Å². The van der Waals surface area contributed by atoms with Gasteiger partial charge in [0.1, 0.15) is 5.69 Å². The maximum absolute atomic E-state index is 12.1. The summed E-state index contributed by atoms with van der Waals surface area (Å²) >= 11 is 0. The fraction of sp³-hybridized carbons (Fsp3) is 0.167. The second-order valence-electron chi connectivity index (χ2n) is 3.62. The van der Waals surface area contributed by atoms with Crippen molar-refractivity contribution < 1.29 is 9.59 Å². The van der Waals surface area contributed by atoms with Gasteiger partial charge in [0.15, 0.2) is 0 Å². The SMILES string of the molecule is Cn1cccc1C(=O)c1ccn(C)c1[C]=O. The Kier molecular flexibility index (Phi) is 2.48. The summed E-state index contributed by atoms with van der Waals surface area (Å²) in [6.07, 6.45) is 5.26. The molecule has 81 valence electrons. The molecule has 2 aromatic rings. The molecule has 0 N–H and O–H groups in total. The maximum Gasteiger partial charge on any atom is 0.252 e. The Morgan fingerprint density at radius 1 is 1.19 bits per heavy atom. The molecule has 4 nitrogen and oxygen atoms in total. The quantitative estimate of drug-likeness (QED) is 0.718. The van der Waals surface area contributed by atoms with E-state index < -0.39 is 0 Å². The van der Waals surface area contributed by atoms with Crippen molar-refractivity contribution >= 4 is 12.1 Å². The largest absolute Gasteiger partial charge is 0.348 e. The molecule has 0 unspecified atom stereocenters. The summed E-state index contributed by atoms with van der Waals surface area (Å²) < 4.78 is 3.31. The number of aryl methyl sites for hydroxylation is 2. The Hall–Kier alpha value is -2.10. The van der Waals surface area contributed by atoms with Crippen LogP contribution in [0.4, 0.5) is 0 Å². The molecule has 4 heteroatoms. The Balaban J connectivity index is 2.50. The van der Waals surface area contributed by atoms with Crippen molar-refractivity contribution in [2.45, 2.75) is 0 Å². The van der Waals surface area contributed by atoms with Crippen molar-refractivity contribution in [2.24, 2.45) is 14.1 Å². The van der Waals surface area contributed by atoms with E-state index in [0.29, 0.717) is 11.3 Å². The van der Waals surface area contributed by atoms with Gasteiger partial charge in [0.2, 0.25) is 5.78 Å². The van der Waals surface area contributed by atoms with Crippen LogP contribution in [0, 0.1) is 0 Å². The minimum atomic E-state index is -0.161. The normalized spacial score (nSPS) is 10.4. The Labute approximate surface area is 93.1 Å². The van der Waals surface area contributed by atoms with E-state index >= 15 is 0 Å². The molecule has 2 heterocycles. The lowest BCUT2D eigenvalue weighted by atomic mass is 10.1. The fourth-order valence-electron chi connectivity index (χ4n) is 1.67. The first-order valence-electron chi connectivity index (χ1n) is 4.84. The Bertz CT molecular complexity index is 549. The van der Waals surface area contributed by atoms with Crippen molar-refractivity contribution in [3.05, 3.63) is 47.5 Å². The molecule has 0 bridgehead atoms. The second kappa shape index (κ2) is 3.81. The van der Waals surface area contributed by atoms with Crippen molar-refractivity contribution in [1.82, 2.24) is 9.13 Å². The van der Waals surface area contributed by atoms with Crippen molar-refractivity contribution in [1.29, 1.82) is 0 Å². The highest BCUT2D eigenvalue weighted by molar-refractivity contribution is 6.11. The number of hydrogen-bond acceptors (Lipinski definition) is 2. The number of hydrogen-bond donors (Lipinski definition) is 0. The first-order chi connectivity index (χ1) is 7.65. The van der Waals surface area contributed by atoms with E-state index in [1.165, 1.54) is 0 Å². The highest BCUT2D eigenvalue weighted by atomic mass is 16.1. The van der Waals surface area contributed by atoms with Crippen LogP contribution in [0.1, 0.15) is 21.7 Å². The monoisotopic (exact) mass is 215 g/mol. The van der Waals surface area contributed by atoms with E-state index in [1.807, 2.05) is 0 Å². The number of rotatable bonds is 3. The molecule has 0 aliphatic carbocycles. The smallest absolute Gasteiger partial charge is 0.252 e. The summed E-state index contributed by atoms with van der Waals surface area (Å²) in [6.45, 7) is 0. The molecular weight excluding hydrogens is 204 g/mol. The van der Waals surface area contributed by atoms with E-state index in [9.17, 15) is 9.59 Å². The molecule has 0 aliphatic heterocycles. The van der Waals surface area contributed by atoms with E-state index in [-0.39, 0.29) is 11.5 Å². The average Bonchev–Trinajstić information content (AvgIpc) is 2.83. The average molecular weight is 215 g/mol. The van der Waals surface area contributed by atoms with Crippen LogP contribution in [0.25, 0.3) is 0 Å². The van der Waals surface area contributed by atoms with Gasteiger partial charge >= 0.3 is 0 Å². The Morgan fingerprint density at radius 3 is 2.50 bits per heavy atom. The molecule has 0 spiro atoms. The molecule has 16 heavy (non-hydrogen) atoms. The first kappa shape index (κ1) is 10.4. The third-order valence-electron chi connectivity index (χ3n) is 2.59. The Morgan fingerprint density at radius 2 is 1.94 bits per heavy atom. The first-order valence-corrected chi connectivity index (χ1v) is 4.84. The summed E-state index contributed by atoms with van der Waals surface area (Å²) in [4.78, 5) is 22.9. The minimum Gasteiger partial charge on any atom is -0.348 e. The number of carbonyl (C=O) groups excluding carboxylic acids is 2. The molecule has 0 amide bonds. The lowest BCUT2D eigenvalue weighted by Crippen LogP contribution is -2.09. The highest BCUT2D eigenvalue weighted by Crippen LogP contribution is 2.14. The van der Waals surface area contributed by atoms with Gasteiger partial charge in [-0.2, -0.15) is 0 Å². The maximum atomic E-state index is 12.1. The number of nitrogens with zero attached hydrogens (tertiary/aromatic N) is 2.